The van der Waals surface area contributed by atoms with E-state index in [-0.39, 0.29) is 0 Å². The Morgan fingerprint density at radius 1 is 0.833 bits per heavy atom. The molecule has 0 bridgehead atoms. The molecule has 1 aromatic carbocycles. The summed E-state index contributed by atoms with van der Waals surface area (Å²) in [4.78, 5) is 11.8. The van der Waals surface area contributed by atoms with Gasteiger partial charge in [0.05, 0.1) is 0 Å². The summed E-state index contributed by atoms with van der Waals surface area (Å²) in [7, 11) is 0. The van der Waals surface area contributed by atoms with Gasteiger partial charge in [0, 0.05) is 0 Å². The van der Waals surface area contributed by atoms with E-state index in [9.17, 15) is 0 Å². The number of hydrogen-bond donors (Lipinski definition) is 0. The predicted molar refractivity (Wildman–Crippen MR) is 79.6 cm³/mol. The maximum atomic E-state index is 4.68. The molecule has 1 heterocycles. The van der Waals surface area contributed by atoms with Crippen molar-refractivity contribution in [2.75, 3.05) is 0 Å². The first-order chi connectivity index (χ1) is 8.55. The van der Waals surface area contributed by atoms with E-state index in [2.05, 4.69) is 43.8 Å². The van der Waals surface area contributed by atoms with E-state index >= 15 is 0 Å². The summed E-state index contributed by atoms with van der Waals surface area (Å²) in [5.41, 5.74) is 1.91. The SMILES string of the molecule is [CH3][Sn]([CH3])([CH3])[c]1cccc(C#Cc2ccccc2)n1. The van der Waals surface area contributed by atoms with E-state index in [1.165, 1.54) is 3.71 Å². The van der Waals surface area contributed by atoms with Gasteiger partial charge >= 0.3 is 114 Å². The van der Waals surface area contributed by atoms with Crippen molar-refractivity contribution in [3.8, 4) is 11.8 Å². The summed E-state index contributed by atoms with van der Waals surface area (Å²) in [6, 6.07) is 16.2. The van der Waals surface area contributed by atoms with E-state index < -0.39 is 18.4 Å². The zero-order valence-corrected chi connectivity index (χ0v) is 13.9. The molecule has 0 N–H and O–H groups in total. The van der Waals surface area contributed by atoms with Gasteiger partial charge in [-0.3, -0.25) is 0 Å². The molecule has 2 aromatic rings. The number of nitrogens with zero attached hydrogens (tertiary/aromatic N) is 1. The topological polar surface area (TPSA) is 12.9 Å². The fourth-order valence-corrected chi connectivity index (χ4v) is 4.58. The quantitative estimate of drug-likeness (QED) is 0.574. The van der Waals surface area contributed by atoms with Gasteiger partial charge in [-0.15, -0.1) is 0 Å². The molecule has 0 unspecified atom stereocenters. The van der Waals surface area contributed by atoms with Crippen LogP contribution in [0.5, 0.6) is 0 Å². The van der Waals surface area contributed by atoms with Gasteiger partial charge in [0.15, 0.2) is 0 Å². The third-order valence-electron chi connectivity index (χ3n) is 2.63. The number of hydrogen-bond acceptors (Lipinski definition) is 1. The standard InChI is InChI=1S/C13H8N.3CH3.Sn/c1-2-6-12(7-3-1)9-10-13-8-4-5-11-14-13;;;;/h1-8H;3*1H3;. The Bertz CT molecular complexity index is 586. The zero-order valence-electron chi connectivity index (χ0n) is 11.1. The molecule has 0 aliphatic carbocycles. The molecular formula is C16H17NSn. The molecule has 0 radical (unpaired) electrons. The van der Waals surface area contributed by atoms with Crippen LogP contribution in [0.4, 0.5) is 0 Å². The molecule has 0 saturated carbocycles. The first-order valence-electron chi connectivity index (χ1n) is 6.10. The molecule has 0 fully saturated rings. The first-order valence-corrected chi connectivity index (χ1v) is 16.1. The van der Waals surface area contributed by atoms with Crippen molar-refractivity contribution < 1.29 is 0 Å². The Labute approximate surface area is 113 Å². The van der Waals surface area contributed by atoms with E-state index in [1.807, 2.05) is 36.4 Å². The third kappa shape index (κ3) is 3.61. The first kappa shape index (κ1) is 13.2. The molecule has 0 aliphatic heterocycles. The zero-order chi connectivity index (χ0) is 13.0. The molecule has 0 saturated heterocycles. The monoisotopic (exact) mass is 343 g/mol. The predicted octanol–water partition coefficient (Wildman–Crippen LogP) is 3.03. The van der Waals surface area contributed by atoms with Crippen LogP contribution in [0.15, 0.2) is 48.5 Å². The van der Waals surface area contributed by atoms with E-state index in [1.54, 1.807) is 0 Å². The second kappa shape index (κ2) is 5.58. The van der Waals surface area contributed by atoms with Crippen molar-refractivity contribution in [2.45, 2.75) is 14.8 Å². The average Bonchev–Trinajstić information content (AvgIpc) is 2.37. The molecular weight excluding hydrogens is 325 g/mol. The van der Waals surface area contributed by atoms with Crippen molar-refractivity contribution >= 4 is 22.1 Å². The molecule has 0 spiro atoms. The molecule has 2 heteroatoms. The number of rotatable bonds is 1. The molecule has 90 valence electrons. The van der Waals surface area contributed by atoms with Gasteiger partial charge in [0.1, 0.15) is 0 Å². The fraction of sp³-hybridized carbons (Fsp3) is 0.188. The molecule has 2 rings (SSSR count). The van der Waals surface area contributed by atoms with Gasteiger partial charge < -0.3 is 0 Å². The van der Waals surface area contributed by atoms with Crippen LogP contribution in [0.25, 0.3) is 0 Å². The molecule has 1 aromatic heterocycles. The Morgan fingerprint density at radius 3 is 2.22 bits per heavy atom. The van der Waals surface area contributed by atoms with Gasteiger partial charge in [-0.2, -0.15) is 0 Å². The fourth-order valence-electron chi connectivity index (χ4n) is 1.58. The normalized spacial score (nSPS) is 10.6. The number of benzene rings is 1. The number of pyridine rings is 1. The van der Waals surface area contributed by atoms with Gasteiger partial charge in [-0.05, 0) is 0 Å². The van der Waals surface area contributed by atoms with Crippen LogP contribution in [0.1, 0.15) is 11.3 Å². The summed E-state index contributed by atoms with van der Waals surface area (Å²) >= 11 is -2.07. The van der Waals surface area contributed by atoms with Crippen molar-refractivity contribution in [1.29, 1.82) is 0 Å². The minimum absolute atomic E-state index is 0.878. The maximum absolute atomic E-state index is 4.68. The second-order valence-electron chi connectivity index (χ2n) is 5.27. The molecule has 18 heavy (non-hydrogen) atoms. The van der Waals surface area contributed by atoms with E-state index in [4.69, 9.17) is 0 Å². The van der Waals surface area contributed by atoms with Crippen LogP contribution < -0.4 is 3.71 Å². The summed E-state index contributed by atoms with van der Waals surface area (Å²) in [5, 5.41) is 0. The van der Waals surface area contributed by atoms with Gasteiger partial charge in [0.25, 0.3) is 0 Å². The Balaban J connectivity index is 2.29. The van der Waals surface area contributed by atoms with Crippen molar-refractivity contribution in [2.24, 2.45) is 0 Å². The van der Waals surface area contributed by atoms with Crippen LogP contribution in [-0.4, -0.2) is 23.4 Å². The average molecular weight is 342 g/mol. The van der Waals surface area contributed by atoms with Crippen LogP contribution in [0.2, 0.25) is 14.8 Å². The van der Waals surface area contributed by atoms with Crippen molar-refractivity contribution in [1.82, 2.24) is 4.98 Å². The van der Waals surface area contributed by atoms with Gasteiger partial charge in [-0.25, -0.2) is 0 Å². The Hall–Kier alpha value is -1.27. The van der Waals surface area contributed by atoms with Crippen LogP contribution in [0.3, 0.4) is 0 Å². The van der Waals surface area contributed by atoms with Crippen LogP contribution in [0, 0.1) is 11.8 Å². The third-order valence-corrected chi connectivity index (χ3v) is 7.81. The van der Waals surface area contributed by atoms with Crippen LogP contribution in [-0.2, 0) is 0 Å². The molecule has 0 aliphatic rings. The summed E-state index contributed by atoms with van der Waals surface area (Å²) < 4.78 is 1.28. The number of aromatic nitrogens is 1. The Morgan fingerprint density at radius 2 is 1.56 bits per heavy atom. The summed E-state index contributed by atoms with van der Waals surface area (Å²) in [6.07, 6.45) is 0. The molecule has 0 amide bonds. The van der Waals surface area contributed by atoms with Crippen molar-refractivity contribution in [3.63, 3.8) is 0 Å². The Kier molecular flexibility index (Phi) is 4.08. The van der Waals surface area contributed by atoms with Gasteiger partial charge in [-0.1, -0.05) is 0 Å². The summed E-state index contributed by atoms with van der Waals surface area (Å²) in [6.45, 7) is 0. The van der Waals surface area contributed by atoms with Gasteiger partial charge in [0.2, 0.25) is 0 Å². The van der Waals surface area contributed by atoms with E-state index in [0.29, 0.717) is 0 Å². The van der Waals surface area contributed by atoms with Crippen LogP contribution >= 0.6 is 0 Å². The molecule has 1 nitrogen and oxygen atoms in total. The van der Waals surface area contributed by atoms with E-state index in [0.717, 1.165) is 11.3 Å². The summed E-state index contributed by atoms with van der Waals surface area (Å²) in [5.74, 6) is 6.30. The van der Waals surface area contributed by atoms with Crippen molar-refractivity contribution in [3.05, 3.63) is 59.8 Å². The second-order valence-corrected chi connectivity index (χ2v) is 19.6. The molecule has 0 atom stereocenters. The minimum atomic E-state index is -2.07.